The fourth-order valence-corrected chi connectivity index (χ4v) is 2.51. The summed E-state index contributed by atoms with van der Waals surface area (Å²) in [4.78, 5) is 11.8. The highest BCUT2D eigenvalue weighted by Gasteiger charge is 2.14. The van der Waals surface area contributed by atoms with Crippen LogP contribution in [0.15, 0.2) is 24.3 Å². The Hall–Kier alpha value is -1.55. The average Bonchev–Trinajstić information content (AvgIpc) is 2.97. The maximum atomic E-state index is 11.8. The van der Waals surface area contributed by atoms with Gasteiger partial charge in [-0.3, -0.25) is 4.79 Å². The smallest absolute Gasteiger partial charge is 0.220 e. The third kappa shape index (κ3) is 4.85. The van der Waals surface area contributed by atoms with E-state index in [1.165, 1.54) is 12.8 Å². The molecule has 20 heavy (non-hydrogen) atoms. The zero-order valence-electron chi connectivity index (χ0n) is 12.2. The molecule has 1 aromatic rings. The molecule has 2 N–H and O–H groups in total. The lowest BCUT2D eigenvalue weighted by atomic mass is 10.1. The molecule has 0 saturated carbocycles. The van der Waals surface area contributed by atoms with Crippen molar-refractivity contribution in [3.8, 4) is 5.75 Å². The SMILES string of the molecule is CCOc1cccc(CNC(=O)CCC2CCCN2)c1. The predicted octanol–water partition coefficient (Wildman–Crippen LogP) is 2.23. The minimum atomic E-state index is 0.125. The van der Waals surface area contributed by atoms with Crippen LogP contribution in [-0.2, 0) is 11.3 Å². The highest BCUT2D eigenvalue weighted by molar-refractivity contribution is 5.75. The van der Waals surface area contributed by atoms with Crippen molar-refractivity contribution in [1.29, 1.82) is 0 Å². The number of hydrogen-bond acceptors (Lipinski definition) is 3. The van der Waals surface area contributed by atoms with E-state index in [-0.39, 0.29) is 5.91 Å². The number of benzene rings is 1. The average molecular weight is 276 g/mol. The Kier molecular flexibility index (Phi) is 5.87. The third-order valence-corrected chi connectivity index (χ3v) is 3.58. The van der Waals surface area contributed by atoms with Crippen LogP contribution in [0.3, 0.4) is 0 Å². The maximum absolute atomic E-state index is 11.8. The summed E-state index contributed by atoms with van der Waals surface area (Å²) in [6.45, 7) is 4.28. The number of hydrogen-bond donors (Lipinski definition) is 2. The van der Waals surface area contributed by atoms with Gasteiger partial charge in [0.2, 0.25) is 5.91 Å². The van der Waals surface area contributed by atoms with E-state index in [0.717, 1.165) is 24.3 Å². The number of ether oxygens (including phenoxy) is 1. The lowest BCUT2D eigenvalue weighted by molar-refractivity contribution is -0.121. The van der Waals surface area contributed by atoms with Crippen LogP contribution in [0.5, 0.6) is 5.75 Å². The Morgan fingerprint density at radius 2 is 2.40 bits per heavy atom. The van der Waals surface area contributed by atoms with Crippen LogP contribution in [0.25, 0.3) is 0 Å². The first-order chi connectivity index (χ1) is 9.78. The minimum absolute atomic E-state index is 0.125. The Labute approximate surface area is 120 Å². The predicted molar refractivity (Wildman–Crippen MR) is 79.7 cm³/mol. The number of amides is 1. The van der Waals surface area contributed by atoms with Crippen molar-refractivity contribution in [3.63, 3.8) is 0 Å². The fraction of sp³-hybridized carbons (Fsp3) is 0.562. The molecule has 4 heteroatoms. The fourth-order valence-electron chi connectivity index (χ4n) is 2.51. The van der Waals surface area contributed by atoms with E-state index in [9.17, 15) is 4.79 Å². The van der Waals surface area contributed by atoms with Gasteiger partial charge >= 0.3 is 0 Å². The third-order valence-electron chi connectivity index (χ3n) is 3.58. The molecule has 1 aromatic carbocycles. The van der Waals surface area contributed by atoms with Crippen molar-refractivity contribution in [3.05, 3.63) is 29.8 Å². The van der Waals surface area contributed by atoms with Gasteiger partial charge in [-0.05, 0) is 50.4 Å². The number of carbonyl (C=O) groups excluding carboxylic acids is 1. The molecule has 0 bridgehead atoms. The summed E-state index contributed by atoms with van der Waals surface area (Å²) in [6, 6.07) is 8.39. The zero-order valence-corrected chi connectivity index (χ0v) is 12.2. The standard InChI is InChI=1S/C16H24N2O2/c1-2-20-15-7-3-5-13(11-15)12-18-16(19)9-8-14-6-4-10-17-14/h3,5,7,11,14,17H,2,4,6,8-10,12H2,1H3,(H,18,19). The second-order valence-electron chi connectivity index (χ2n) is 5.19. The second kappa shape index (κ2) is 7.90. The first kappa shape index (κ1) is 14.9. The monoisotopic (exact) mass is 276 g/mol. The molecule has 0 radical (unpaired) electrons. The Morgan fingerprint density at radius 3 is 3.15 bits per heavy atom. The normalized spacial score (nSPS) is 17.9. The van der Waals surface area contributed by atoms with Gasteiger partial charge in [0.25, 0.3) is 0 Å². The van der Waals surface area contributed by atoms with Gasteiger partial charge < -0.3 is 15.4 Å². The molecule has 1 fully saturated rings. The summed E-state index contributed by atoms with van der Waals surface area (Å²) in [7, 11) is 0. The molecule has 110 valence electrons. The molecule has 0 aromatic heterocycles. The van der Waals surface area contributed by atoms with E-state index in [1.54, 1.807) is 0 Å². The van der Waals surface area contributed by atoms with Crippen molar-refractivity contribution in [2.75, 3.05) is 13.2 Å². The van der Waals surface area contributed by atoms with E-state index >= 15 is 0 Å². The molecule has 1 aliphatic rings. The first-order valence-electron chi connectivity index (χ1n) is 7.49. The molecular weight excluding hydrogens is 252 g/mol. The van der Waals surface area contributed by atoms with Crippen molar-refractivity contribution in [2.45, 2.75) is 45.2 Å². The minimum Gasteiger partial charge on any atom is -0.494 e. The van der Waals surface area contributed by atoms with Gasteiger partial charge in [0.1, 0.15) is 5.75 Å². The van der Waals surface area contributed by atoms with Crippen LogP contribution >= 0.6 is 0 Å². The van der Waals surface area contributed by atoms with Crippen LogP contribution in [-0.4, -0.2) is 25.1 Å². The molecule has 1 atom stereocenters. The van der Waals surface area contributed by atoms with Gasteiger partial charge in [0, 0.05) is 19.0 Å². The van der Waals surface area contributed by atoms with Crippen LogP contribution in [0.1, 0.15) is 38.2 Å². The van der Waals surface area contributed by atoms with Crippen LogP contribution in [0, 0.1) is 0 Å². The van der Waals surface area contributed by atoms with E-state index < -0.39 is 0 Å². The highest BCUT2D eigenvalue weighted by atomic mass is 16.5. The van der Waals surface area contributed by atoms with Crippen molar-refractivity contribution in [1.82, 2.24) is 10.6 Å². The second-order valence-corrected chi connectivity index (χ2v) is 5.19. The van der Waals surface area contributed by atoms with E-state index in [2.05, 4.69) is 10.6 Å². The van der Waals surface area contributed by atoms with Gasteiger partial charge in [-0.15, -0.1) is 0 Å². The van der Waals surface area contributed by atoms with Gasteiger partial charge in [-0.2, -0.15) is 0 Å². The molecule has 4 nitrogen and oxygen atoms in total. The van der Waals surface area contributed by atoms with Crippen molar-refractivity contribution >= 4 is 5.91 Å². The summed E-state index contributed by atoms with van der Waals surface area (Å²) < 4.78 is 5.45. The summed E-state index contributed by atoms with van der Waals surface area (Å²) in [5.74, 6) is 0.981. The molecule has 1 heterocycles. The molecular formula is C16H24N2O2. The van der Waals surface area contributed by atoms with E-state index in [1.807, 2.05) is 31.2 Å². The van der Waals surface area contributed by atoms with Gasteiger partial charge in [-0.1, -0.05) is 12.1 Å². The molecule has 0 spiro atoms. The number of nitrogens with one attached hydrogen (secondary N) is 2. The topological polar surface area (TPSA) is 50.4 Å². The van der Waals surface area contributed by atoms with E-state index in [4.69, 9.17) is 4.74 Å². The largest absolute Gasteiger partial charge is 0.494 e. The lowest BCUT2D eigenvalue weighted by Crippen LogP contribution is -2.27. The molecule has 2 rings (SSSR count). The Balaban J connectivity index is 1.70. The maximum Gasteiger partial charge on any atom is 0.220 e. The highest BCUT2D eigenvalue weighted by Crippen LogP contribution is 2.13. The first-order valence-corrected chi connectivity index (χ1v) is 7.49. The van der Waals surface area contributed by atoms with Gasteiger partial charge in [0.15, 0.2) is 0 Å². The molecule has 1 unspecified atom stereocenters. The molecule has 1 aliphatic heterocycles. The number of rotatable bonds is 7. The molecule has 0 aliphatic carbocycles. The molecule has 1 saturated heterocycles. The Bertz CT molecular complexity index is 428. The Morgan fingerprint density at radius 1 is 1.50 bits per heavy atom. The van der Waals surface area contributed by atoms with Crippen molar-refractivity contribution in [2.24, 2.45) is 0 Å². The summed E-state index contributed by atoms with van der Waals surface area (Å²) in [6.07, 6.45) is 3.97. The van der Waals surface area contributed by atoms with E-state index in [0.29, 0.717) is 25.6 Å². The van der Waals surface area contributed by atoms with Crippen molar-refractivity contribution < 1.29 is 9.53 Å². The van der Waals surface area contributed by atoms with Crippen LogP contribution in [0.2, 0.25) is 0 Å². The van der Waals surface area contributed by atoms with Gasteiger partial charge in [-0.25, -0.2) is 0 Å². The quantitative estimate of drug-likeness (QED) is 0.803. The number of carbonyl (C=O) groups is 1. The summed E-state index contributed by atoms with van der Waals surface area (Å²) >= 11 is 0. The van der Waals surface area contributed by atoms with Crippen LogP contribution in [0.4, 0.5) is 0 Å². The molecule has 1 amide bonds. The lowest BCUT2D eigenvalue weighted by Gasteiger charge is -2.10. The summed E-state index contributed by atoms with van der Waals surface area (Å²) in [5.41, 5.74) is 1.07. The van der Waals surface area contributed by atoms with Crippen LogP contribution < -0.4 is 15.4 Å². The zero-order chi connectivity index (χ0) is 14.2. The van der Waals surface area contributed by atoms with Gasteiger partial charge in [0.05, 0.1) is 6.61 Å². The summed E-state index contributed by atoms with van der Waals surface area (Å²) in [5, 5.41) is 6.38.